The van der Waals surface area contributed by atoms with Gasteiger partial charge in [-0.25, -0.2) is 9.37 Å². The minimum Gasteiger partial charge on any atom is -0.398 e. The molecule has 3 N–H and O–H groups in total. The number of aromatic amines is 1. The van der Waals surface area contributed by atoms with Crippen LogP contribution < -0.4 is 16.2 Å². The standard InChI is InChI=1S/C21H22FN5OS/c22-14-10-17-16(18(23)11-14)12-19(25-20(17)28)13-1-2-15(9-13)26-4-6-27(7-5-26)21-24-3-8-29-21/h3,8-12,15H,1-2,4-7,23H2,(H,25,28)/t15-/m1/s1. The van der Waals surface area contributed by atoms with Crippen LogP contribution in [0.2, 0.25) is 0 Å². The Labute approximate surface area is 171 Å². The average molecular weight is 412 g/mol. The SMILES string of the molecule is Nc1cc(F)cc2c(=O)[nH]c(C3=C[C@H](N4CCN(c5nccs5)CC4)CC3)cc12. The van der Waals surface area contributed by atoms with Crippen molar-refractivity contribution in [2.24, 2.45) is 0 Å². The molecule has 2 aliphatic rings. The van der Waals surface area contributed by atoms with Crippen LogP contribution in [0.5, 0.6) is 0 Å². The quantitative estimate of drug-likeness (QED) is 0.648. The lowest BCUT2D eigenvalue weighted by Crippen LogP contribution is -2.49. The highest BCUT2D eigenvalue weighted by Gasteiger charge is 2.27. The summed E-state index contributed by atoms with van der Waals surface area (Å²) in [6, 6.07) is 4.75. The van der Waals surface area contributed by atoms with E-state index in [1.54, 1.807) is 11.3 Å². The van der Waals surface area contributed by atoms with E-state index in [1.807, 2.05) is 17.6 Å². The molecule has 1 saturated heterocycles. The van der Waals surface area contributed by atoms with E-state index in [-0.39, 0.29) is 5.56 Å². The zero-order valence-electron chi connectivity index (χ0n) is 15.9. The molecule has 8 heteroatoms. The molecular weight excluding hydrogens is 389 g/mol. The molecule has 0 amide bonds. The number of halogens is 1. The number of benzene rings is 1. The van der Waals surface area contributed by atoms with Crippen molar-refractivity contribution in [1.82, 2.24) is 14.9 Å². The van der Waals surface area contributed by atoms with Crippen LogP contribution in [0.15, 0.2) is 40.6 Å². The van der Waals surface area contributed by atoms with Crippen LogP contribution in [0, 0.1) is 5.82 Å². The number of nitrogens with one attached hydrogen (secondary N) is 1. The smallest absolute Gasteiger partial charge is 0.256 e. The van der Waals surface area contributed by atoms with Crippen LogP contribution in [0.3, 0.4) is 0 Å². The highest BCUT2D eigenvalue weighted by Crippen LogP contribution is 2.32. The summed E-state index contributed by atoms with van der Waals surface area (Å²) in [7, 11) is 0. The Morgan fingerprint density at radius 1 is 1.17 bits per heavy atom. The van der Waals surface area contributed by atoms with Crippen molar-refractivity contribution in [3.63, 3.8) is 0 Å². The van der Waals surface area contributed by atoms with Crippen molar-refractivity contribution >= 4 is 38.5 Å². The van der Waals surface area contributed by atoms with Gasteiger partial charge in [-0.15, -0.1) is 11.3 Å². The van der Waals surface area contributed by atoms with Crippen molar-refractivity contribution in [3.8, 4) is 0 Å². The summed E-state index contributed by atoms with van der Waals surface area (Å²) in [5.74, 6) is -0.495. The number of nitrogen functional groups attached to an aromatic ring is 1. The summed E-state index contributed by atoms with van der Waals surface area (Å²) in [6.45, 7) is 3.94. The van der Waals surface area contributed by atoms with Gasteiger partial charge in [-0.3, -0.25) is 9.69 Å². The number of H-pyrrole nitrogens is 1. The minimum atomic E-state index is -0.495. The highest BCUT2D eigenvalue weighted by molar-refractivity contribution is 7.13. The Hall–Kier alpha value is -2.71. The fourth-order valence-electron chi connectivity index (χ4n) is 4.36. The highest BCUT2D eigenvalue weighted by atomic mass is 32.1. The van der Waals surface area contributed by atoms with E-state index in [0.29, 0.717) is 22.5 Å². The predicted octanol–water partition coefficient (Wildman–Crippen LogP) is 3.07. The fraction of sp³-hybridized carbons (Fsp3) is 0.333. The van der Waals surface area contributed by atoms with Crippen molar-refractivity contribution < 1.29 is 4.39 Å². The molecule has 2 aromatic heterocycles. The first-order chi connectivity index (χ1) is 14.1. The van der Waals surface area contributed by atoms with E-state index in [2.05, 4.69) is 25.8 Å². The third-order valence-electron chi connectivity index (χ3n) is 5.88. The molecular formula is C21H22FN5OS. The summed E-state index contributed by atoms with van der Waals surface area (Å²) in [4.78, 5) is 24.6. The molecule has 1 aromatic carbocycles. The Balaban J connectivity index is 1.36. The monoisotopic (exact) mass is 411 g/mol. The Bertz CT molecular complexity index is 1130. The first-order valence-electron chi connectivity index (χ1n) is 9.80. The molecule has 0 spiro atoms. The lowest BCUT2D eigenvalue weighted by molar-refractivity contribution is 0.214. The second kappa shape index (κ2) is 7.27. The lowest BCUT2D eigenvalue weighted by Gasteiger charge is -2.37. The summed E-state index contributed by atoms with van der Waals surface area (Å²) in [5.41, 5.74) is 7.86. The molecule has 1 fully saturated rings. The van der Waals surface area contributed by atoms with Gasteiger partial charge in [-0.2, -0.15) is 0 Å². The van der Waals surface area contributed by atoms with Crippen LogP contribution in [0.1, 0.15) is 18.5 Å². The van der Waals surface area contributed by atoms with Crippen molar-refractivity contribution in [1.29, 1.82) is 0 Å². The summed E-state index contributed by atoms with van der Waals surface area (Å²) < 4.78 is 13.6. The maximum absolute atomic E-state index is 13.6. The second-order valence-corrected chi connectivity index (χ2v) is 8.48. The summed E-state index contributed by atoms with van der Waals surface area (Å²) in [6.07, 6.45) is 6.05. The number of allylic oxidation sites excluding steroid dienone is 1. The molecule has 5 rings (SSSR count). The number of nitrogens with two attached hydrogens (primary N) is 1. The van der Waals surface area contributed by atoms with E-state index in [1.165, 1.54) is 12.1 Å². The van der Waals surface area contributed by atoms with E-state index in [4.69, 9.17) is 5.73 Å². The molecule has 1 atom stereocenters. The molecule has 0 bridgehead atoms. The van der Waals surface area contributed by atoms with Gasteiger partial charge in [-0.05, 0) is 36.6 Å². The number of anilines is 2. The number of piperazine rings is 1. The zero-order valence-corrected chi connectivity index (χ0v) is 16.7. The molecule has 3 aromatic rings. The van der Waals surface area contributed by atoms with Gasteiger partial charge < -0.3 is 15.6 Å². The van der Waals surface area contributed by atoms with Crippen LogP contribution in [-0.2, 0) is 0 Å². The topological polar surface area (TPSA) is 78.2 Å². The lowest BCUT2D eigenvalue weighted by atomic mass is 10.1. The van der Waals surface area contributed by atoms with Crippen LogP contribution in [0.25, 0.3) is 16.3 Å². The van der Waals surface area contributed by atoms with Crippen LogP contribution in [0.4, 0.5) is 15.2 Å². The van der Waals surface area contributed by atoms with Gasteiger partial charge >= 0.3 is 0 Å². The van der Waals surface area contributed by atoms with E-state index < -0.39 is 5.82 Å². The maximum Gasteiger partial charge on any atom is 0.256 e. The van der Waals surface area contributed by atoms with Crippen LogP contribution >= 0.6 is 11.3 Å². The van der Waals surface area contributed by atoms with Gasteiger partial charge in [0.25, 0.3) is 5.56 Å². The number of thiazole rings is 1. The molecule has 0 unspecified atom stereocenters. The third-order valence-corrected chi connectivity index (χ3v) is 6.71. The van der Waals surface area contributed by atoms with Gasteiger partial charge in [0.05, 0.1) is 5.39 Å². The Kier molecular flexibility index (Phi) is 4.60. The number of fused-ring (bicyclic) bond motifs is 1. The van der Waals surface area contributed by atoms with Gasteiger partial charge in [0, 0.05) is 60.6 Å². The first-order valence-corrected chi connectivity index (χ1v) is 10.7. The normalized spacial score (nSPS) is 20.4. The number of hydrogen-bond acceptors (Lipinski definition) is 6. The minimum absolute atomic E-state index is 0.291. The maximum atomic E-state index is 13.6. The zero-order chi connectivity index (χ0) is 20.0. The largest absolute Gasteiger partial charge is 0.398 e. The van der Waals surface area contributed by atoms with Crippen LogP contribution in [-0.4, -0.2) is 47.1 Å². The Morgan fingerprint density at radius 2 is 2.00 bits per heavy atom. The third kappa shape index (κ3) is 3.42. The molecule has 0 saturated carbocycles. The number of nitrogens with zero attached hydrogens (tertiary/aromatic N) is 3. The molecule has 1 aliphatic carbocycles. The fourth-order valence-corrected chi connectivity index (χ4v) is 5.06. The van der Waals surface area contributed by atoms with Crippen molar-refractivity contribution in [2.75, 3.05) is 36.8 Å². The van der Waals surface area contributed by atoms with Crippen molar-refractivity contribution in [3.05, 3.63) is 57.7 Å². The molecule has 1 aliphatic heterocycles. The van der Waals surface area contributed by atoms with Gasteiger partial charge in [0.2, 0.25) is 0 Å². The van der Waals surface area contributed by atoms with E-state index >= 15 is 0 Å². The molecule has 6 nitrogen and oxygen atoms in total. The predicted molar refractivity (Wildman–Crippen MR) is 116 cm³/mol. The number of aromatic nitrogens is 2. The second-order valence-electron chi connectivity index (χ2n) is 7.60. The van der Waals surface area contributed by atoms with E-state index in [9.17, 15) is 9.18 Å². The first kappa shape index (κ1) is 18.3. The molecule has 3 heterocycles. The molecule has 29 heavy (non-hydrogen) atoms. The van der Waals surface area contributed by atoms with Gasteiger partial charge in [-0.1, -0.05) is 6.08 Å². The number of pyridine rings is 1. The van der Waals surface area contributed by atoms with Crippen molar-refractivity contribution in [2.45, 2.75) is 18.9 Å². The number of rotatable bonds is 3. The van der Waals surface area contributed by atoms with E-state index in [0.717, 1.165) is 55.4 Å². The number of hydrogen-bond donors (Lipinski definition) is 2. The van der Waals surface area contributed by atoms with Gasteiger partial charge in [0.15, 0.2) is 5.13 Å². The Morgan fingerprint density at radius 3 is 2.76 bits per heavy atom. The summed E-state index contributed by atoms with van der Waals surface area (Å²) >= 11 is 1.68. The molecule has 0 radical (unpaired) electrons. The average Bonchev–Trinajstić information content (AvgIpc) is 3.41. The summed E-state index contributed by atoms with van der Waals surface area (Å²) in [5, 5.41) is 4.00. The van der Waals surface area contributed by atoms with Gasteiger partial charge in [0.1, 0.15) is 5.82 Å². The molecule has 150 valence electrons.